The third-order valence-corrected chi connectivity index (χ3v) is 4.84. The summed E-state index contributed by atoms with van der Waals surface area (Å²) >= 11 is 10.7. The Morgan fingerprint density at radius 3 is 2.80 bits per heavy atom. The molecule has 0 unspecified atom stereocenters. The molecule has 0 radical (unpaired) electrons. The SMILES string of the molecule is CC(C)c1cccnc1CSc1nc(N)c(Br)c(Cl)n1. The molecule has 0 aliphatic heterocycles. The van der Waals surface area contributed by atoms with E-state index < -0.39 is 0 Å². The zero-order valence-electron chi connectivity index (χ0n) is 11.1. The molecule has 2 heterocycles. The van der Waals surface area contributed by atoms with Gasteiger partial charge in [0.15, 0.2) is 5.16 Å². The average Bonchev–Trinajstić information content (AvgIpc) is 2.42. The Labute approximate surface area is 135 Å². The second-order valence-corrected chi connectivity index (χ2v) is 6.57. The first-order valence-electron chi connectivity index (χ1n) is 6.04. The van der Waals surface area contributed by atoms with E-state index in [4.69, 9.17) is 17.3 Å². The molecule has 0 aliphatic carbocycles. The normalized spacial score (nSPS) is 11.1. The topological polar surface area (TPSA) is 64.7 Å². The molecular weight excluding hydrogens is 360 g/mol. The Bertz CT molecular complexity index is 598. The summed E-state index contributed by atoms with van der Waals surface area (Å²) in [4.78, 5) is 12.8. The van der Waals surface area contributed by atoms with Gasteiger partial charge >= 0.3 is 0 Å². The van der Waals surface area contributed by atoms with Gasteiger partial charge in [0.05, 0.1) is 10.2 Å². The van der Waals surface area contributed by atoms with Gasteiger partial charge in [-0.1, -0.05) is 43.3 Å². The van der Waals surface area contributed by atoms with E-state index in [0.29, 0.717) is 32.3 Å². The zero-order valence-corrected chi connectivity index (χ0v) is 14.3. The van der Waals surface area contributed by atoms with Gasteiger partial charge < -0.3 is 5.73 Å². The number of hydrogen-bond acceptors (Lipinski definition) is 5. The van der Waals surface area contributed by atoms with Gasteiger partial charge in [0.25, 0.3) is 0 Å². The van der Waals surface area contributed by atoms with Gasteiger partial charge in [-0.25, -0.2) is 9.97 Å². The molecule has 106 valence electrons. The molecule has 0 aromatic carbocycles. The fourth-order valence-corrected chi connectivity index (χ4v) is 2.94. The van der Waals surface area contributed by atoms with E-state index in [1.165, 1.54) is 17.3 Å². The second-order valence-electron chi connectivity index (χ2n) is 4.48. The van der Waals surface area contributed by atoms with Gasteiger partial charge in [-0.05, 0) is 33.5 Å². The number of nitrogens with zero attached hydrogens (tertiary/aromatic N) is 3. The van der Waals surface area contributed by atoms with Crippen molar-refractivity contribution in [3.8, 4) is 0 Å². The standard InChI is InChI=1S/C13H14BrClN4S/c1-7(2)8-4-3-5-17-9(8)6-20-13-18-11(15)10(14)12(16)19-13/h3-5,7H,6H2,1-2H3,(H2,16,18,19). The summed E-state index contributed by atoms with van der Waals surface area (Å²) in [6, 6.07) is 4.05. The van der Waals surface area contributed by atoms with Crippen molar-refractivity contribution >= 4 is 45.1 Å². The van der Waals surface area contributed by atoms with Crippen LogP contribution in [-0.2, 0) is 5.75 Å². The smallest absolute Gasteiger partial charge is 0.191 e. The van der Waals surface area contributed by atoms with Crippen molar-refractivity contribution in [2.45, 2.75) is 30.7 Å². The predicted octanol–water partition coefficient (Wildman–Crippen LogP) is 4.29. The van der Waals surface area contributed by atoms with Crippen molar-refractivity contribution in [3.05, 3.63) is 39.2 Å². The van der Waals surface area contributed by atoms with Crippen LogP contribution in [0.3, 0.4) is 0 Å². The molecule has 4 nitrogen and oxygen atoms in total. The zero-order chi connectivity index (χ0) is 14.7. The number of hydrogen-bond donors (Lipinski definition) is 1. The highest BCUT2D eigenvalue weighted by molar-refractivity contribution is 9.10. The van der Waals surface area contributed by atoms with Crippen molar-refractivity contribution < 1.29 is 0 Å². The number of nitrogen functional groups attached to an aromatic ring is 1. The van der Waals surface area contributed by atoms with Crippen LogP contribution in [-0.4, -0.2) is 15.0 Å². The second kappa shape index (κ2) is 6.74. The Hall–Kier alpha value is -0.850. The minimum Gasteiger partial charge on any atom is -0.383 e. The minimum atomic E-state index is 0.324. The largest absolute Gasteiger partial charge is 0.383 e. The molecule has 2 rings (SSSR count). The summed E-state index contributed by atoms with van der Waals surface area (Å²) < 4.78 is 0.532. The van der Waals surface area contributed by atoms with Gasteiger partial charge in [0, 0.05) is 11.9 Å². The molecular formula is C13H14BrClN4S. The molecule has 7 heteroatoms. The van der Waals surface area contributed by atoms with Gasteiger partial charge in [0.1, 0.15) is 11.0 Å². The van der Waals surface area contributed by atoms with Crippen LogP contribution in [0.5, 0.6) is 0 Å². The average molecular weight is 374 g/mol. The lowest BCUT2D eigenvalue weighted by molar-refractivity contribution is 0.839. The van der Waals surface area contributed by atoms with Gasteiger partial charge in [0.2, 0.25) is 0 Å². The molecule has 0 amide bonds. The number of nitrogens with two attached hydrogens (primary N) is 1. The Balaban J connectivity index is 2.17. The molecule has 2 aromatic heterocycles. The summed E-state index contributed by atoms with van der Waals surface area (Å²) in [5.74, 6) is 1.46. The summed E-state index contributed by atoms with van der Waals surface area (Å²) in [5.41, 5.74) is 8.03. The van der Waals surface area contributed by atoms with Crippen molar-refractivity contribution in [1.82, 2.24) is 15.0 Å². The van der Waals surface area contributed by atoms with E-state index in [1.54, 1.807) is 6.20 Å². The van der Waals surface area contributed by atoms with Crippen LogP contribution in [0.2, 0.25) is 5.15 Å². The highest BCUT2D eigenvalue weighted by Gasteiger charge is 2.11. The number of rotatable bonds is 4. The van der Waals surface area contributed by atoms with Gasteiger partial charge in [-0.3, -0.25) is 4.98 Å². The maximum Gasteiger partial charge on any atom is 0.191 e. The van der Waals surface area contributed by atoms with Crippen molar-refractivity contribution in [1.29, 1.82) is 0 Å². The van der Waals surface area contributed by atoms with Gasteiger partial charge in [-0.15, -0.1) is 0 Å². The summed E-state index contributed by atoms with van der Waals surface area (Å²) in [6.07, 6.45) is 1.80. The van der Waals surface area contributed by atoms with Gasteiger partial charge in [-0.2, -0.15) is 0 Å². The highest BCUT2D eigenvalue weighted by atomic mass is 79.9. The lowest BCUT2D eigenvalue weighted by atomic mass is 10.0. The first kappa shape index (κ1) is 15.5. The molecule has 0 bridgehead atoms. The molecule has 20 heavy (non-hydrogen) atoms. The van der Waals surface area contributed by atoms with Crippen LogP contribution in [0.15, 0.2) is 28.0 Å². The van der Waals surface area contributed by atoms with E-state index in [0.717, 1.165) is 5.69 Å². The number of aromatic nitrogens is 3. The molecule has 0 saturated carbocycles. The lowest BCUT2D eigenvalue weighted by Gasteiger charge is -2.11. The Morgan fingerprint density at radius 2 is 2.15 bits per heavy atom. The number of thioether (sulfide) groups is 1. The minimum absolute atomic E-state index is 0.324. The third-order valence-electron chi connectivity index (χ3n) is 2.70. The van der Waals surface area contributed by atoms with Crippen molar-refractivity contribution in [3.63, 3.8) is 0 Å². The number of halogens is 2. The van der Waals surface area contributed by atoms with E-state index in [9.17, 15) is 0 Å². The van der Waals surface area contributed by atoms with E-state index >= 15 is 0 Å². The van der Waals surface area contributed by atoms with Crippen molar-refractivity contribution in [2.75, 3.05) is 5.73 Å². The monoisotopic (exact) mass is 372 g/mol. The molecule has 0 saturated heterocycles. The number of anilines is 1. The fourth-order valence-electron chi connectivity index (χ4n) is 1.71. The van der Waals surface area contributed by atoms with Crippen LogP contribution in [0, 0.1) is 0 Å². The first-order chi connectivity index (χ1) is 9.49. The first-order valence-corrected chi connectivity index (χ1v) is 8.19. The quantitative estimate of drug-likeness (QED) is 0.492. The van der Waals surface area contributed by atoms with E-state index in [-0.39, 0.29) is 0 Å². The van der Waals surface area contributed by atoms with Crippen LogP contribution in [0.4, 0.5) is 5.82 Å². The summed E-state index contributed by atoms with van der Waals surface area (Å²) in [6.45, 7) is 4.30. The molecule has 0 spiro atoms. The lowest BCUT2D eigenvalue weighted by Crippen LogP contribution is -2.00. The summed E-state index contributed by atoms with van der Waals surface area (Å²) in [5, 5.41) is 0.876. The maximum absolute atomic E-state index is 5.98. The van der Waals surface area contributed by atoms with Crippen molar-refractivity contribution in [2.24, 2.45) is 0 Å². The fraction of sp³-hybridized carbons (Fsp3) is 0.308. The van der Waals surface area contributed by atoms with E-state index in [2.05, 4.69) is 50.8 Å². The predicted molar refractivity (Wildman–Crippen MR) is 87.0 cm³/mol. The Kier molecular flexibility index (Phi) is 5.23. The van der Waals surface area contributed by atoms with Crippen LogP contribution < -0.4 is 5.73 Å². The molecule has 2 N–H and O–H groups in total. The summed E-state index contributed by atoms with van der Waals surface area (Å²) in [7, 11) is 0. The van der Waals surface area contributed by atoms with Crippen LogP contribution in [0.25, 0.3) is 0 Å². The third kappa shape index (κ3) is 3.62. The molecule has 0 atom stereocenters. The molecule has 0 aliphatic rings. The number of pyridine rings is 1. The Morgan fingerprint density at radius 1 is 1.40 bits per heavy atom. The molecule has 0 fully saturated rings. The molecule has 2 aromatic rings. The van der Waals surface area contributed by atoms with Crippen LogP contribution in [0.1, 0.15) is 31.0 Å². The highest BCUT2D eigenvalue weighted by Crippen LogP contribution is 2.30. The van der Waals surface area contributed by atoms with E-state index in [1.807, 2.05) is 6.07 Å². The maximum atomic E-state index is 5.98. The van der Waals surface area contributed by atoms with Crippen LogP contribution >= 0.6 is 39.3 Å².